The Morgan fingerprint density at radius 2 is 1.87 bits per heavy atom. The first kappa shape index (κ1) is 22.2. The molecular weight excluding hydrogens is 450 g/mol. The number of hydrogen-bond donors (Lipinski definition) is 0. The second-order valence-electron chi connectivity index (χ2n) is 6.32. The van der Waals surface area contributed by atoms with Gasteiger partial charge in [0.2, 0.25) is 5.82 Å². The lowest BCUT2D eigenvalue weighted by Crippen LogP contribution is -2.28. The van der Waals surface area contributed by atoms with Crippen molar-refractivity contribution in [2.45, 2.75) is 18.9 Å². The van der Waals surface area contributed by atoms with E-state index in [4.69, 9.17) is 4.42 Å². The number of fused-ring (bicyclic) bond motifs is 1. The molecule has 31 heavy (non-hydrogen) atoms. The van der Waals surface area contributed by atoms with Gasteiger partial charge in [0.05, 0.1) is 4.92 Å². The molecule has 0 saturated carbocycles. The molecule has 0 aliphatic carbocycles. The fourth-order valence-corrected chi connectivity index (χ4v) is 3.29. The molecule has 13 heteroatoms. The van der Waals surface area contributed by atoms with Gasteiger partial charge >= 0.3 is 26.9 Å². The highest BCUT2D eigenvalue weighted by Gasteiger charge is 2.48. The summed E-state index contributed by atoms with van der Waals surface area (Å²) in [4.78, 5) is 22.4. The molecule has 0 fully saturated rings. The van der Waals surface area contributed by atoms with Crippen LogP contribution in [-0.2, 0) is 16.5 Å². The molecular formula is C18H11F4NO7S. The third kappa shape index (κ3) is 4.21. The second-order valence-corrected chi connectivity index (χ2v) is 7.86. The topological polar surface area (TPSA) is 117 Å². The van der Waals surface area contributed by atoms with Crippen LogP contribution in [-0.4, -0.2) is 18.8 Å². The SMILES string of the molecule is Cc1c(Cc2cccc([N+](=O)[O-])c2F)c(=O)oc2cc(OS(=O)(=O)C(F)(F)F)ccc12. The van der Waals surface area contributed by atoms with Crippen LogP contribution in [0, 0.1) is 22.9 Å². The summed E-state index contributed by atoms with van der Waals surface area (Å²) in [6.07, 6.45) is -0.349. The molecule has 0 unspecified atom stereocenters. The summed E-state index contributed by atoms with van der Waals surface area (Å²) in [5, 5.41) is 11.1. The van der Waals surface area contributed by atoms with Gasteiger partial charge in [-0.3, -0.25) is 10.1 Å². The Balaban J connectivity index is 2.05. The van der Waals surface area contributed by atoms with Gasteiger partial charge in [0.15, 0.2) is 0 Å². The number of nitro groups is 1. The van der Waals surface area contributed by atoms with Crippen molar-refractivity contribution in [3.8, 4) is 5.75 Å². The Morgan fingerprint density at radius 1 is 1.19 bits per heavy atom. The van der Waals surface area contributed by atoms with Crippen molar-refractivity contribution in [2.75, 3.05) is 0 Å². The quantitative estimate of drug-likeness (QED) is 0.141. The number of benzene rings is 2. The first-order valence-electron chi connectivity index (χ1n) is 8.30. The van der Waals surface area contributed by atoms with Crippen molar-refractivity contribution in [2.24, 2.45) is 0 Å². The minimum Gasteiger partial charge on any atom is -0.422 e. The van der Waals surface area contributed by atoms with Gasteiger partial charge in [-0.05, 0) is 30.2 Å². The van der Waals surface area contributed by atoms with E-state index in [-0.39, 0.29) is 34.1 Å². The minimum atomic E-state index is -5.92. The van der Waals surface area contributed by atoms with Gasteiger partial charge in [-0.15, -0.1) is 0 Å². The summed E-state index contributed by atoms with van der Waals surface area (Å²) < 4.78 is 83.1. The van der Waals surface area contributed by atoms with Gasteiger partial charge in [-0.1, -0.05) is 12.1 Å². The molecule has 0 aliphatic rings. The predicted octanol–water partition coefficient (Wildman–Crippen LogP) is 3.97. The maximum atomic E-state index is 14.4. The number of nitro benzene ring substituents is 1. The highest BCUT2D eigenvalue weighted by molar-refractivity contribution is 7.88. The van der Waals surface area contributed by atoms with Crippen molar-refractivity contribution in [1.82, 2.24) is 0 Å². The molecule has 164 valence electrons. The summed E-state index contributed by atoms with van der Waals surface area (Å²) in [7, 11) is -5.92. The molecule has 0 atom stereocenters. The van der Waals surface area contributed by atoms with E-state index in [0.717, 1.165) is 18.2 Å². The maximum absolute atomic E-state index is 14.4. The van der Waals surface area contributed by atoms with E-state index in [1.165, 1.54) is 25.1 Å². The normalized spacial score (nSPS) is 12.2. The first-order chi connectivity index (χ1) is 14.3. The second kappa shape index (κ2) is 7.65. The fraction of sp³-hybridized carbons (Fsp3) is 0.167. The largest absolute Gasteiger partial charge is 0.534 e. The highest BCUT2D eigenvalue weighted by atomic mass is 32.2. The zero-order valence-electron chi connectivity index (χ0n) is 15.4. The molecule has 1 heterocycles. The van der Waals surface area contributed by atoms with E-state index in [2.05, 4.69) is 4.18 Å². The number of aryl methyl sites for hydroxylation is 1. The monoisotopic (exact) mass is 461 g/mol. The van der Waals surface area contributed by atoms with Crippen LogP contribution in [0.3, 0.4) is 0 Å². The fourth-order valence-electron chi connectivity index (χ4n) is 2.84. The number of rotatable bonds is 5. The standard InChI is InChI=1S/C18H11F4NO7S/c1-9-12-6-5-11(30-31(27,28)18(20,21)22)8-15(12)29-17(24)13(9)7-10-3-2-4-14(16(10)19)23(25)26/h2-6,8H,7H2,1H3. The van der Waals surface area contributed by atoms with E-state index in [1.54, 1.807) is 0 Å². The summed E-state index contributed by atoms with van der Waals surface area (Å²) in [5.41, 5.74) is -7.57. The molecule has 3 aromatic rings. The average molecular weight is 461 g/mol. The van der Waals surface area contributed by atoms with Crippen LogP contribution in [0.5, 0.6) is 5.75 Å². The van der Waals surface area contributed by atoms with Crippen LogP contribution in [0.1, 0.15) is 16.7 Å². The van der Waals surface area contributed by atoms with Crippen LogP contribution in [0.25, 0.3) is 11.0 Å². The van der Waals surface area contributed by atoms with Gasteiger partial charge in [0.25, 0.3) is 0 Å². The highest BCUT2D eigenvalue weighted by Crippen LogP contribution is 2.30. The molecule has 0 saturated heterocycles. The van der Waals surface area contributed by atoms with Crippen LogP contribution in [0.15, 0.2) is 45.6 Å². The summed E-state index contributed by atoms with van der Waals surface area (Å²) in [6, 6.07) is 6.36. The number of hydrogen-bond acceptors (Lipinski definition) is 7. The van der Waals surface area contributed by atoms with Gasteiger partial charge in [0, 0.05) is 29.5 Å². The summed E-state index contributed by atoms with van der Waals surface area (Å²) in [5.74, 6) is -1.85. The summed E-state index contributed by atoms with van der Waals surface area (Å²) >= 11 is 0. The van der Waals surface area contributed by atoms with Crippen LogP contribution >= 0.6 is 0 Å². The summed E-state index contributed by atoms with van der Waals surface area (Å²) in [6.45, 7) is 1.46. The van der Waals surface area contributed by atoms with Gasteiger partial charge < -0.3 is 8.60 Å². The molecule has 8 nitrogen and oxygen atoms in total. The lowest BCUT2D eigenvalue weighted by Gasteiger charge is -2.11. The molecule has 3 rings (SSSR count). The Morgan fingerprint density at radius 3 is 2.48 bits per heavy atom. The van der Waals surface area contributed by atoms with Gasteiger partial charge in [0.1, 0.15) is 11.3 Å². The molecule has 0 aliphatic heterocycles. The van der Waals surface area contributed by atoms with E-state index >= 15 is 0 Å². The zero-order valence-corrected chi connectivity index (χ0v) is 16.2. The average Bonchev–Trinajstić information content (AvgIpc) is 2.64. The number of halogens is 4. The lowest BCUT2D eigenvalue weighted by molar-refractivity contribution is -0.387. The van der Waals surface area contributed by atoms with Crippen LogP contribution in [0.2, 0.25) is 0 Å². The van der Waals surface area contributed by atoms with Gasteiger partial charge in [-0.2, -0.15) is 26.0 Å². The molecule has 0 N–H and O–H groups in total. The maximum Gasteiger partial charge on any atom is 0.534 e. The van der Waals surface area contributed by atoms with Crippen LogP contribution in [0.4, 0.5) is 23.2 Å². The van der Waals surface area contributed by atoms with E-state index < -0.39 is 43.4 Å². The Bertz CT molecular complexity index is 1360. The third-order valence-electron chi connectivity index (χ3n) is 4.37. The molecule has 0 spiro atoms. The van der Waals surface area contributed by atoms with Crippen molar-refractivity contribution < 1.29 is 39.5 Å². The third-order valence-corrected chi connectivity index (χ3v) is 5.35. The number of alkyl halides is 3. The Labute approximate surface area is 170 Å². The predicted molar refractivity (Wildman–Crippen MR) is 98.7 cm³/mol. The minimum absolute atomic E-state index is 0.0384. The number of nitrogens with zero attached hydrogens (tertiary/aromatic N) is 1. The van der Waals surface area contributed by atoms with Crippen molar-refractivity contribution >= 4 is 26.8 Å². The van der Waals surface area contributed by atoms with E-state index in [9.17, 15) is 40.9 Å². The Hall–Kier alpha value is -3.48. The van der Waals surface area contributed by atoms with Crippen LogP contribution < -0.4 is 9.81 Å². The van der Waals surface area contributed by atoms with Gasteiger partial charge in [-0.25, -0.2) is 4.79 Å². The smallest absolute Gasteiger partial charge is 0.422 e. The van der Waals surface area contributed by atoms with Crippen molar-refractivity contribution in [3.63, 3.8) is 0 Å². The molecule has 0 amide bonds. The Kier molecular flexibility index (Phi) is 5.48. The molecule has 0 radical (unpaired) electrons. The zero-order chi connectivity index (χ0) is 23.1. The first-order valence-corrected chi connectivity index (χ1v) is 9.71. The molecule has 2 aromatic carbocycles. The molecule has 1 aromatic heterocycles. The van der Waals surface area contributed by atoms with E-state index in [0.29, 0.717) is 0 Å². The van der Waals surface area contributed by atoms with Crippen molar-refractivity contribution in [1.29, 1.82) is 0 Å². The molecule has 0 bridgehead atoms. The lowest BCUT2D eigenvalue weighted by atomic mass is 9.99. The van der Waals surface area contributed by atoms with Crippen molar-refractivity contribution in [3.05, 3.63) is 79.4 Å². The van der Waals surface area contributed by atoms with E-state index in [1.807, 2.05) is 0 Å².